The van der Waals surface area contributed by atoms with Gasteiger partial charge in [0.15, 0.2) is 24.6 Å². The van der Waals surface area contributed by atoms with Crippen LogP contribution in [0.1, 0.15) is 252 Å². The highest BCUT2D eigenvalue weighted by Gasteiger charge is 2.50. The molecule has 0 aromatic heterocycles. The number of aliphatic carboxylic acids is 1. The van der Waals surface area contributed by atoms with Gasteiger partial charge in [-0.15, -0.1) is 0 Å². The molecule has 0 aliphatic carbocycles. The molecule has 0 spiro atoms. The minimum atomic E-state index is -1.91. The standard InChI is InChI=1S/C61H104O12/c1-4-7-10-13-16-19-22-25-27-30-32-35-38-41-44-47-53(62)69-50-52(71-54(63)48-45-42-39-36-33-29-24-21-18-15-12-9-6-3)51-70-61-59(57(66)56(65)58(73-61)60(67)68)72-55(64)49-46-43-40-37-34-31-28-26-23-20-17-14-11-8-5-2/h9,12,18,21,25-29,33,52,56-59,61,65-66H,4-8,10-11,13-17,19-20,22-24,30-32,34-51H2,1-3H3,(H,67,68)/b12-9-,21-18-,27-25-,28-26-,33-29-. The van der Waals surface area contributed by atoms with Crippen LogP contribution >= 0.6 is 0 Å². The number of aliphatic hydroxyl groups is 2. The number of carboxylic acids is 1. The third-order valence-electron chi connectivity index (χ3n) is 13.0. The largest absolute Gasteiger partial charge is 0.479 e. The summed E-state index contributed by atoms with van der Waals surface area (Å²) in [6.07, 6.45) is 47.7. The van der Waals surface area contributed by atoms with Crippen LogP contribution in [0, 0.1) is 0 Å². The van der Waals surface area contributed by atoms with E-state index in [4.69, 9.17) is 23.7 Å². The first-order valence-corrected chi connectivity index (χ1v) is 29.3. The molecule has 1 aliphatic heterocycles. The van der Waals surface area contributed by atoms with Crippen LogP contribution in [0.15, 0.2) is 60.8 Å². The van der Waals surface area contributed by atoms with Gasteiger partial charge in [0.1, 0.15) is 18.8 Å². The Balaban J connectivity index is 2.72. The summed E-state index contributed by atoms with van der Waals surface area (Å²) in [4.78, 5) is 51.0. The van der Waals surface area contributed by atoms with Crippen molar-refractivity contribution in [1.82, 2.24) is 0 Å². The number of hydrogen-bond acceptors (Lipinski definition) is 11. The molecular weight excluding hydrogens is 925 g/mol. The average Bonchev–Trinajstić information content (AvgIpc) is 3.37. The molecule has 0 bridgehead atoms. The van der Waals surface area contributed by atoms with Crippen LogP contribution in [0.25, 0.3) is 0 Å². The fraction of sp³-hybridized carbons (Fsp3) is 0.770. The molecule has 1 aliphatic rings. The van der Waals surface area contributed by atoms with Gasteiger partial charge in [0, 0.05) is 19.3 Å². The molecule has 12 heteroatoms. The lowest BCUT2D eigenvalue weighted by Gasteiger charge is -2.40. The first kappa shape index (κ1) is 67.4. The van der Waals surface area contributed by atoms with Crippen LogP contribution in [0.4, 0.5) is 0 Å². The Morgan fingerprint density at radius 1 is 0.466 bits per heavy atom. The van der Waals surface area contributed by atoms with E-state index < -0.39 is 67.3 Å². The molecule has 1 heterocycles. The fourth-order valence-corrected chi connectivity index (χ4v) is 8.55. The zero-order chi connectivity index (χ0) is 53.3. The van der Waals surface area contributed by atoms with Crippen molar-refractivity contribution in [2.45, 2.75) is 289 Å². The smallest absolute Gasteiger partial charge is 0.335 e. The summed E-state index contributed by atoms with van der Waals surface area (Å²) >= 11 is 0. The van der Waals surface area contributed by atoms with Crippen molar-refractivity contribution in [3.05, 3.63) is 60.8 Å². The number of unbranched alkanes of at least 4 members (excludes halogenated alkanes) is 25. The summed E-state index contributed by atoms with van der Waals surface area (Å²) < 4.78 is 28.4. The van der Waals surface area contributed by atoms with Gasteiger partial charge in [-0.05, 0) is 103 Å². The Labute approximate surface area is 443 Å². The number of ether oxygens (including phenoxy) is 5. The van der Waals surface area contributed by atoms with E-state index in [9.17, 15) is 34.5 Å². The lowest BCUT2D eigenvalue weighted by atomic mass is 9.98. The number of esters is 3. The zero-order valence-electron chi connectivity index (χ0n) is 46.1. The van der Waals surface area contributed by atoms with Crippen molar-refractivity contribution in [1.29, 1.82) is 0 Å². The summed E-state index contributed by atoms with van der Waals surface area (Å²) in [5.41, 5.74) is 0. The fourth-order valence-electron chi connectivity index (χ4n) is 8.55. The highest BCUT2D eigenvalue weighted by molar-refractivity contribution is 5.74. The molecule has 1 fully saturated rings. The molecule has 12 nitrogen and oxygen atoms in total. The van der Waals surface area contributed by atoms with E-state index in [-0.39, 0.29) is 25.9 Å². The summed E-state index contributed by atoms with van der Waals surface area (Å²) in [6.45, 7) is 5.83. The minimum Gasteiger partial charge on any atom is -0.479 e. The molecule has 0 aromatic rings. The molecule has 6 unspecified atom stereocenters. The molecule has 73 heavy (non-hydrogen) atoms. The normalized spacial score (nSPS) is 18.7. The van der Waals surface area contributed by atoms with Crippen molar-refractivity contribution in [2.75, 3.05) is 13.2 Å². The Kier molecular flexibility index (Phi) is 45.5. The van der Waals surface area contributed by atoms with Gasteiger partial charge in [0.2, 0.25) is 0 Å². The second-order valence-corrected chi connectivity index (χ2v) is 19.9. The van der Waals surface area contributed by atoms with E-state index in [1.54, 1.807) is 0 Å². The molecule has 0 radical (unpaired) electrons. The van der Waals surface area contributed by atoms with Crippen molar-refractivity contribution < 1.29 is 58.2 Å². The Morgan fingerprint density at radius 2 is 0.863 bits per heavy atom. The Hall–Kier alpha value is -3.58. The van der Waals surface area contributed by atoms with Crippen LogP contribution in [-0.2, 0) is 42.9 Å². The molecule has 1 rings (SSSR count). The molecule has 6 atom stereocenters. The van der Waals surface area contributed by atoms with Crippen molar-refractivity contribution >= 4 is 23.9 Å². The lowest BCUT2D eigenvalue weighted by Crippen LogP contribution is -2.61. The molecular formula is C61H104O12. The third-order valence-corrected chi connectivity index (χ3v) is 13.0. The van der Waals surface area contributed by atoms with Gasteiger partial charge in [-0.3, -0.25) is 14.4 Å². The quantitative estimate of drug-likeness (QED) is 0.0228. The van der Waals surface area contributed by atoms with Gasteiger partial charge < -0.3 is 39.0 Å². The number of carboxylic acid groups (broad SMARTS) is 1. The number of allylic oxidation sites excluding steroid dienone is 10. The van der Waals surface area contributed by atoms with E-state index >= 15 is 0 Å². The van der Waals surface area contributed by atoms with Crippen LogP contribution < -0.4 is 0 Å². The zero-order valence-corrected chi connectivity index (χ0v) is 46.1. The van der Waals surface area contributed by atoms with Gasteiger partial charge in [0.25, 0.3) is 0 Å². The maximum absolute atomic E-state index is 13.1. The molecule has 0 saturated carbocycles. The van der Waals surface area contributed by atoms with E-state index in [1.807, 2.05) is 0 Å². The molecule has 1 saturated heterocycles. The predicted octanol–water partition coefficient (Wildman–Crippen LogP) is 14.8. The average molecular weight is 1030 g/mol. The van der Waals surface area contributed by atoms with Gasteiger partial charge in [0.05, 0.1) is 6.61 Å². The first-order valence-electron chi connectivity index (χ1n) is 29.3. The maximum Gasteiger partial charge on any atom is 0.335 e. The van der Waals surface area contributed by atoms with Gasteiger partial charge in [-0.2, -0.15) is 0 Å². The van der Waals surface area contributed by atoms with Crippen LogP contribution in [-0.4, -0.2) is 89.2 Å². The third kappa shape index (κ3) is 39.5. The van der Waals surface area contributed by atoms with Crippen molar-refractivity contribution in [2.24, 2.45) is 0 Å². The maximum atomic E-state index is 13.1. The summed E-state index contributed by atoms with van der Waals surface area (Å²) in [6, 6.07) is 0. The predicted molar refractivity (Wildman–Crippen MR) is 294 cm³/mol. The summed E-state index contributed by atoms with van der Waals surface area (Å²) in [7, 11) is 0. The Morgan fingerprint density at radius 3 is 1.34 bits per heavy atom. The van der Waals surface area contributed by atoms with Gasteiger partial charge in [-0.25, -0.2) is 4.79 Å². The van der Waals surface area contributed by atoms with Gasteiger partial charge in [-0.1, -0.05) is 191 Å². The minimum absolute atomic E-state index is 0.0459. The van der Waals surface area contributed by atoms with Crippen molar-refractivity contribution in [3.63, 3.8) is 0 Å². The number of aliphatic hydroxyl groups excluding tert-OH is 2. The highest BCUT2D eigenvalue weighted by atomic mass is 16.7. The number of carbonyl (C=O) groups is 4. The number of rotatable bonds is 49. The van der Waals surface area contributed by atoms with Crippen molar-refractivity contribution in [3.8, 4) is 0 Å². The topological polar surface area (TPSA) is 175 Å². The SMILES string of the molecule is CC/C=C\C/C=C\C/C=C\CCCCCC(=O)OC(COC(=O)CCCCCCC/C=C\CCCCCCCC)COC1OC(C(=O)O)C(O)C(O)C1OC(=O)CCCCCCC/C=C\CCCCCCCC. The molecule has 420 valence electrons. The molecule has 3 N–H and O–H groups in total. The van der Waals surface area contributed by atoms with Crippen LogP contribution in [0.2, 0.25) is 0 Å². The van der Waals surface area contributed by atoms with E-state index in [0.29, 0.717) is 19.3 Å². The second kappa shape index (κ2) is 49.3. The van der Waals surface area contributed by atoms with E-state index in [0.717, 1.165) is 116 Å². The second-order valence-electron chi connectivity index (χ2n) is 19.9. The van der Waals surface area contributed by atoms with Gasteiger partial charge >= 0.3 is 23.9 Å². The van der Waals surface area contributed by atoms with Crippen LogP contribution in [0.5, 0.6) is 0 Å². The van der Waals surface area contributed by atoms with Crippen LogP contribution in [0.3, 0.4) is 0 Å². The van der Waals surface area contributed by atoms with E-state index in [2.05, 4.69) is 81.5 Å². The highest BCUT2D eigenvalue weighted by Crippen LogP contribution is 2.26. The summed E-state index contributed by atoms with van der Waals surface area (Å²) in [5, 5.41) is 31.4. The first-order chi connectivity index (χ1) is 35.6. The summed E-state index contributed by atoms with van der Waals surface area (Å²) in [5.74, 6) is -3.17. The monoisotopic (exact) mass is 1030 g/mol. The molecule has 0 amide bonds. The number of carbonyl (C=O) groups excluding carboxylic acids is 3. The Bertz CT molecular complexity index is 1500. The lowest BCUT2D eigenvalue weighted by molar-refractivity contribution is -0.301. The number of hydrogen-bond donors (Lipinski definition) is 3. The van der Waals surface area contributed by atoms with E-state index in [1.165, 1.54) is 77.0 Å². The molecule has 0 aromatic carbocycles.